The van der Waals surface area contributed by atoms with Crippen molar-refractivity contribution in [3.63, 3.8) is 0 Å². The van der Waals surface area contributed by atoms with E-state index in [2.05, 4.69) is 0 Å². The van der Waals surface area contributed by atoms with Crippen LogP contribution in [0.25, 0.3) is 0 Å². The van der Waals surface area contributed by atoms with E-state index in [1.165, 1.54) is 26.4 Å². The molecule has 1 aliphatic carbocycles. The summed E-state index contributed by atoms with van der Waals surface area (Å²) in [6.45, 7) is 0. The number of benzene rings is 1. The minimum absolute atomic E-state index is 0.117. The van der Waals surface area contributed by atoms with E-state index in [9.17, 15) is 14.3 Å². The third-order valence-electron chi connectivity index (χ3n) is 4.09. The fraction of sp³-hybridized carbons (Fsp3) is 0.533. The van der Waals surface area contributed by atoms with Gasteiger partial charge in [0.1, 0.15) is 5.82 Å². The van der Waals surface area contributed by atoms with Crippen LogP contribution in [0, 0.1) is 5.82 Å². The fourth-order valence-electron chi connectivity index (χ4n) is 3.07. The maximum absolute atomic E-state index is 14.3. The number of halogens is 1. The molecule has 4 nitrogen and oxygen atoms in total. The van der Waals surface area contributed by atoms with Gasteiger partial charge in [0, 0.05) is 0 Å². The SMILES string of the molecule is COc1ccc(F)c(C2(C(=O)O)CCCCC2)c1OC. The number of ether oxygens (including phenoxy) is 2. The van der Waals surface area contributed by atoms with Crippen LogP contribution >= 0.6 is 0 Å². The third kappa shape index (κ3) is 2.21. The summed E-state index contributed by atoms with van der Waals surface area (Å²) in [5.74, 6) is -0.999. The van der Waals surface area contributed by atoms with Gasteiger partial charge in [-0.1, -0.05) is 19.3 Å². The van der Waals surface area contributed by atoms with Crippen molar-refractivity contribution in [2.24, 2.45) is 0 Å². The quantitative estimate of drug-likeness (QED) is 0.921. The normalized spacial score (nSPS) is 17.6. The Bertz CT molecular complexity index is 507. The molecule has 1 aliphatic rings. The molecule has 0 bridgehead atoms. The summed E-state index contributed by atoms with van der Waals surface area (Å²) < 4.78 is 24.8. The van der Waals surface area contributed by atoms with Crippen LogP contribution in [0.1, 0.15) is 37.7 Å². The van der Waals surface area contributed by atoms with E-state index < -0.39 is 17.2 Å². The van der Waals surface area contributed by atoms with E-state index in [-0.39, 0.29) is 11.3 Å². The van der Waals surface area contributed by atoms with Crippen molar-refractivity contribution in [2.75, 3.05) is 14.2 Å². The standard InChI is InChI=1S/C15H19FO4/c1-19-11-7-6-10(16)12(13(11)20-2)15(14(17)18)8-4-3-5-9-15/h6-7H,3-5,8-9H2,1-2H3,(H,17,18). The largest absolute Gasteiger partial charge is 0.493 e. The maximum atomic E-state index is 14.3. The molecular weight excluding hydrogens is 263 g/mol. The Morgan fingerprint density at radius 2 is 1.85 bits per heavy atom. The molecule has 0 saturated heterocycles. The monoisotopic (exact) mass is 282 g/mol. The second-order valence-corrected chi connectivity index (χ2v) is 5.11. The van der Waals surface area contributed by atoms with Crippen molar-refractivity contribution in [1.82, 2.24) is 0 Å². The Morgan fingerprint density at radius 3 is 2.35 bits per heavy atom. The lowest BCUT2D eigenvalue weighted by atomic mass is 9.69. The van der Waals surface area contributed by atoms with Crippen LogP contribution in [0.2, 0.25) is 0 Å². The number of aliphatic carboxylic acids is 1. The molecule has 1 aromatic carbocycles. The molecule has 0 aromatic heterocycles. The molecule has 0 amide bonds. The van der Waals surface area contributed by atoms with Gasteiger partial charge in [-0.15, -0.1) is 0 Å². The number of carbonyl (C=O) groups is 1. The van der Waals surface area contributed by atoms with Crippen molar-refractivity contribution in [3.8, 4) is 11.5 Å². The number of rotatable bonds is 4. The second kappa shape index (κ2) is 5.69. The van der Waals surface area contributed by atoms with Crippen molar-refractivity contribution in [3.05, 3.63) is 23.5 Å². The highest BCUT2D eigenvalue weighted by atomic mass is 19.1. The summed E-state index contributed by atoms with van der Waals surface area (Å²) in [4.78, 5) is 11.8. The molecule has 0 radical (unpaired) electrons. The zero-order chi connectivity index (χ0) is 14.8. The number of carboxylic acids is 1. The first-order chi connectivity index (χ1) is 9.56. The van der Waals surface area contributed by atoms with Gasteiger partial charge in [-0.3, -0.25) is 4.79 Å². The van der Waals surface area contributed by atoms with E-state index in [1.54, 1.807) is 0 Å². The van der Waals surface area contributed by atoms with Crippen LogP contribution < -0.4 is 9.47 Å². The van der Waals surface area contributed by atoms with E-state index >= 15 is 0 Å². The molecule has 1 aromatic rings. The molecule has 0 heterocycles. The van der Waals surface area contributed by atoms with Crippen LogP contribution in [-0.2, 0) is 10.2 Å². The molecule has 20 heavy (non-hydrogen) atoms. The summed E-state index contributed by atoms with van der Waals surface area (Å²) in [7, 11) is 2.85. The Hall–Kier alpha value is -1.78. The van der Waals surface area contributed by atoms with Crippen LogP contribution in [-0.4, -0.2) is 25.3 Å². The van der Waals surface area contributed by atoms with Gasteiger partial charge < -0.3 is 14.6 Å². The molecule has 0 spiro atoms. The zero-order valence-electron chi connectivity index (χ0n) is 11.7. The number of methoxy groups -OCH3 is 2. The van der Waals surface area contributed by atoms with Gasteiger partial charge >= 0.3 is 5.97 Å². The highest BCUT2D eigenvalue weighted by Gasteiger charge is 2.46. The first kappa shape index (κ1) is 14.6. The summed E-state index contributed by atoms with van der Waals surface area (Å²) in [5.41, 5.74) is -1.10. The lowest BCUT2D eigenvalue weighted by Gasteiger charge is -2.35. The van der Waals surface area contributed by atoms with Gasteiger partial charge in [-0.05, 0) is 25.0 Å². The molecule has 1 saturated carbocycles. The lowest BCUT2D eigenvalue weighted by Crippen LogP contribution is -2.39. The highest BCUT2D eigenvalue weighted by Crippen LogP contribution is 2.47. The lowest BCUT2D eigenvalue weighted by molar-refractivity contribution is -0.145. The van der Waals surface area contributed by atoms with Crippen molar-refractivity contribution >= 4 is 5.97 Å². The van der Waals surface area contributed by atoms with Crippen molar-refractivity contribution in [2.45, 2.75) is 37.5 Å². The molecular formula is C15H19FO4. The number of hydrogen-bond donors (Lipinski definition) is 1. The summed E-state index contributed by atoms with van der Waals surface area (Å²) >= 11 is 0. The molecule has 0 aliphatic heterocycles. The molecule has 5 heteroatoms. The van der Waals surface area contributed by atoms with Gasteiger partial charge in [0.25, 0.3) is 0 Å². The van der Waals surface area contributed by atoms with E-state index in [1.807, 2.05) is 0 Å². The third-order valence-corrected chi connectivity index (χ3v) is 4.09. The Balaban J connectivity index is 2.67. The predicted octanol–water partition coefficient (Wildman–Crippen LogP) is 3.13. The van der Waals surface area contributed by atoms with Crippen molar-refractivity contribution < 1.29 is 23.8 Å². The average Bonchev–Trinajstić information content (AvgIpc) is 2.47. The maximum Gasteiger partial charge on any atom is 0.314 e. The summed E-state index contributed by atoms with van der Waals surface area (Å²) in [5, 5.41) is 9.69. The summed E-state index contributed by atoms with van der Waals surface area (Å²) in [6.07, 6.45) is 3.35. The van der Waals surface area contributed by atoms with Gasteiger partial charge in [-0.2, -0.15) is 0 Å². The van der Waals surface area contributed by atoms with Gasteiger partial charge in [0.15, 0.2) is 11.5 Å². The number of hydrogen-bond acceptors (Lipinski definition) is 3. The van der Waals surface area contributed by atoms with E-state index in [0.717, 1.165) is 19.3 Å². The average molecular weight is 282 g/mol. The molecule has 0 unspecified atom stereocenters. The van der Waals surface area contributed by atoms with Gasteiger partial charge in [0.2, 0.25) is 0 Å². The van der Waals surface area contributed by atoms with Crippen LogP contribution in [0.5, 0.6) is 11.5 Å². The first-order valence-corrected chi connectivity index (χ1v) is 6.71. The smallest absolute Gasteiger partial charge is 0.314 e. The minimum Gasteiger partial charge on any atom is -0.493 e. The molecule has 1 fully saturated rings. The van der Waals surface area contributed by atoms with Crippen molar-refractivity contribution in [1.29, 1.82) is 0 Å². The van der Waals surface area contributed by atoms with Gasteiger partial charge in [-0.25, -0.2) is 4.39 Å². The van der Waals surface area contributed by atoms with Crippen LogP contribution in [0.3, 0.4) is 0 Å². The van der Waals surface area contributed by atoms with Crippen LogP contribution in [0.15, 0.2) is 12.1 Å². The molecule has 110 valence electrons. The van der Waals surface area contributed by atoms with E-state index in [4.69, 9.17) is 9.47 Å². The second-order valence-electron chi connectivity index (χ2n) is 5.11. The molecule has 0 atom stereocenters. The first-order valence-electron chi connectivity index (χ1n) is 6.71. The van der Waals surface area contributed by atoms with Crippen LogP contribution in [0.4, 0.5) is 4.39 Å². The minimum atomic E-state index is -1.22. The Morgan fingerprint density at radius 1 is 1.20 bits per heavy atom. The van der Waals surface area contributed by atoms with Gasteiger partial charge in [0.05, 0.1) is 25.2 Å². The molecule has 2 rings (SSSR count). The number of carboxylic acid groups (broad SMARTS) is 1. The predicted molar refractivity (Wildman–Crippen MR) is 71.9 cm³/mol. The van der Waals surface area contributed by atoms with E-state index in [0.29, 0.717) is 18.6 Å². The summed E-state index contributed by atoms with van der Waals surface area (Å²) in [6, 6.07) is 2.70. The topological polar surface area (TPSA) is 55.8 Å². The fourth-order valence-corrected chi connectivity index (χ4v) is 3.07. The zero-order valence-corrected chi connectivity index (χ0v) is 11.7. The Labute approximate surface area is 117 Å². The molecule has 1 N–H and O–H groups in total. The Kier molecular flexibility index (Phi) is 4.16. The highest BCUT2D eigenvalue weighted by molar-refractivity contribution is 5.83.